The normalized spacial score (nSPS) is 15.5. The first-order chi connectivity index (χ1) is 13.7. The Morgan fingerprint density at radius 2 is 1.43 bits per heavy atom. The number of imide groups is 1. The molecule has 1 rings (SSSR count). The largest absolute Gasteiger partial charge is 0.444 e. The molecule has 0 aromatic rings. The third-order valence-corrected chi connectivity index (χ3v) is 3.50. The van der Waals surface area contributed by atoms with E-state index in [1.165, 1.54) is 0 Å². The summed E-state index contributed by atoms with van der Waals surface area (Å²) in [4.78, 5) is 64.4. The van der Waals surface area contributed by atoms with Crippen molar-refractivity contribution in [3.8, 4) is 0 Å². The van der Waals surface area contributed by atoms with Gasteiger partial charge in [-0.15, -0.1) is 5.06 Å². The van der Waals surface area contributed by atoms with E-state index in [0.717, 1.165) is 0 Å². The van der Waals surface area contributed by atoms with Crippen LogP contribution in [0, 0.1) is 0 Å². The highest BCUT2D eigenvalue weighted by molar-refractivity contribution is 6.01. The molecule has 2 N–H and O–H groups in total. The highest BCUT2D eigenvalue weighted by Gasteiger charge is 2.35. The summed E-state index contributed by atoms with van der Waals surface area (Å²) in [7, 11) is 0. The van der Waals surface area contributed by atoms with E-state index in [4.69, 9.17) is 14.3 Å². The number of hydrogen-bond donors (Lipinski definition) is 2. The van der Waals surface area contributed by atoms with Crippen LogP contribution in [0.4, 0.5) is 9.59 Å². The van der Waals surface area contributed by atoms with Gasteiger partial charge in [-0.3, -0.25) is 9.59 Å². The van der Waals surface area contributed by atoms with Crippen molar-refractivity contribution in [2.75, 3.05) is 6.54 Å². The minimum atomic E-state index is -1.19. The molecule has 11 nitrogen and oxygen atoms in total. The van der Waals surface area contributed by atoms with Gasteiger partial charge in [0.25, 0.3) is 11.8 Å². The van der Waals surface area contributed by atoms with Gasteiger partial charge in [-0.2, -0.15) is 0 Å². The summed E-state index contributed by atoms with van der Waals surface area (Å²) in [5.41, 5.74) is -1.44. The van der Waals surface area contributed by atoms with Gasteiger partial charge < -0.3 is 24.9 Å². The Morgan fingerprint density at radius 3 is 1.93 bits per heavy atom. The lowest BCUT2D eigenvalue weighted by atomic mass is 10.1. The fourth-order valence-corrected chi connectivity index (χ4v) is 2.32. The second-order valence-electron chi connectivity index (χ2n) is 8.76. The monoisotopic (exact) mass is 429 g/mol. The van der Waals surface area contributed by atoms with Gasteiger partial charge in [0.05, 0.1) is 0 Å². The van der Waals surface area contributed by atoms with E-state index >= 15 is 0 Å². The van der Waals surface area contributed by atoms with Gasteiger partial charge in [0.1, 0.15) is 17.2 Å². The number of hydroxylamine groups is 2. The van der Waals surface area contributed by atoms with E-state index in [1.54, 1.807) is 41.5 Å². The highest BCUT2D eigenvalue weighted by Crippen LogP contribution is 2.14. The van der Waals surface area contributed by atoms with Crippen LogP contribution < -0.4 is 10.6 Å². The molecule has 11 heteroatoms. The fraction of sp³-hybridized carbons (Fsp3) is 0.737. The van der Waals surface area contributed by atoms with Crippen LogP contribution >= 0.6 is 0 Å². The first-order valence-electron chi connectivity index (χ1n) is 9.72. The minimum absolute atomic E-state index is 0.0456. The topological polar surface area (TPSA) is 140 Å². The first kappa shape index (κ1) is 25.2. The number of alkyl carbamates (subject to hydrolysis) is 2. The number of rotatable bonds is 7. The molecule has 1 aliphatic rings. The Balaban J connectivity index is 2.66. The van der Waals surface area contributed by atoms with Crippen LogP contribution in [0.3, 0.4) is 0 Å². The van der Waals surface area contributed by atoms with Crippen LogP contribution in [0.1, 0.15) is 67.2 Å². The van der Waals surface area contributed by atoms with Gasteiger partial charge in [0, 0.05) is 19.4 Å². The molecule has 0 bridgehead atoms. The molecule has 1 heterocycles. The van der Waals surface area contributed by atoms with Crippen LogP contribution in [0.2, 0.25) is 0 Å². The lowest BCUT2D eigenvalue weighted by Gasteiger charge is -2.24. The molecule has 4 amide bonds. The second kappa shape index (κ2) is 10.3. The zero-order valence-electron chi connectivity index (χ0n) is 18.3. The predicted molar refractivity (Wildman–Crippen MR) is 104 cm³/mol. The summed E-state index contributed by atoms with van der Waals surface area (Å²) in [6.07, 6.45) is -1.23. The zero-order valence-corrected chi connectivity index (χ0v) is 18.3. The van der Waals surface area contributed by atoms with Gasteiger partial charge in [-0.05, 0) is 54.4 Å². The highest BCUT2D eigenvalue weighted by atomic mass is 16.7. The molecule has 0 saturated carbocycles. The number of nitrogens with one attached hydrogen (secondary N) is 2. The van der Waals surface area contributed by atoms with E-state index in [-0.39, 0.29) is 32.2 Å². The summed E-state index contributed by atoms with van der Waals surface area (Å²) >= 11 is 0. The second-order valence-corrected chi connectivity index (χ2v) is 8.76. The van der Waals surface area contributed by atoms with Crippen LogP contribution in [0.25, 0.3) is 0 Å². The molecule has 1 atom stereocenters. The Labute approximate surface area is 175 Å². The van der Waals surface area contributed by atoms with Crippen molar-refractivity contribution in [3.63, 3.8) is 0 Å². The molecule has 0 aromatic carbocycles. The summed E-state index contributed by atoms with van der Waals surface area (Å²) < 4.78 is 10.2. The van der Waals surface area contributed by atoms with E-state index in [0.29, 0.717) is 5.06 Å². The van der Waals surface area contributed by atoms with Crippen molar-refractivity contribution in [1.29, 1.82) is 0 Å². The zero-order chi connectivity index (χ0) is 23.1. The van der Waals surface area contributed by atoms with Gasteiger partial charge in [0.15, 0.2) is 0 Å². The first-order valence-corrected chi connectivity index (χ1v) is 9.72. The van der Waals surface area contributed by atoms with Crippen molar-refractivity contribution in [1.82, 2.24) is 15.7 Å². The smallest absolute Gasteiger partial charge is 0.408 e. The van der Waals surface area contributed by atoms with E-state index in [1.807, 2.05) is 0 Å². The third kappa shape index (κ3) is 9.57. The van der Waals surface area contributed by atoms with Crippen molar-refractivity contribution >= 4 is 30.0 Å². The molecule has 0 spiro atoms. The van der Waals surface area contributed by atoms with Crippen LogP contribution in [-0.4, -0.2) is 58.8 Å². The maximum atomic E-state index is 12.5. The Bertz CT molecular complexity index is 662. The Morgan fingerprint density at radius 1 is 0.933 bits per heavy atom. The SMILES string of the molecule is CC(C)(C)OC(=O)NCCCC(NC(=O)OC(C)(C)C)C(=O)ON1C(=O)CCC1=O. The van der Waals surface area contributed by atoms with E-state index in [2.05, 4.69) is 10.6 Å². The lowest BCUT2D eigenvalue weighted by Crippen LogP contribution is -2.47. The van der Waals surface area contributed by atoms with Crippen LogP contribution in [-0.2, 0) is 28.7 Å². The van der Waals surface area contributed by atoms with Crippen molar-refractivity contribution in [3.05, 3.63) is 0 Å². The van der Waals surface area contributed by atoms with Crippen molar-refractivity contribution < 1.29 is 38.3 Å². The van der Waals surface area contributed by atoms with Gasteiger partial charge in [-0.1, -0.05) is 0 Å². The van der Waals surface area contributed by atoms with Crippen molar-refractivity contribution in [2.45, 2.75) is 84.5 Å². The third-order valence-electron chi connectivity index (χ3n) is 3.50. The minimum Gasteiger partial charge on any atom is -0.444 e. The molecular formula is C19H31N3O8. The van der Waals surface area contributed by atoms with E-state index < -0.39 is 47.2 Å². The number of hydrogen-bond acceptors (Lipinski definition) is 8. The molecular weight excluding hydrogens is 398 g/mol. The maximum Gasteiger partial charge on any atom is 0.408 e. The number of ether oxygens (including phenoxy) is 2. The summed E-state index contributed by atoms with van der Waals surface area (Å²) in [5, 5.41) is 5.32. The molecule has 0 radical (unpaired) electrons. The number of carbonyl (C=O) groups is 5. The number of nitrogens with zero attached hydrogens (tertiary/aromatic N) is 1. The number of carbonyl (C=O) groups excluding carboxylic acids is 5. The lowest BCUT2D eigenvalue weighted by molar-refractivity contribution is -0.199. The molecule has 170 valence electrons. The standard InChI is InChI=1S/C19H31N3O8/c1-18(2,3)28-16(26)20-11-7-8-12(21-17(27)29-19(4,5)6)15(25)30-22-13(23)9-10-14(22)24/h12H,7-11H2,1-6H3,(H,20,26)(H,21,27). The van der Waals surface area contributed by atoms with Gasteiger partial charge >= 0.3 is 18.2 Å². The average Bonchev–Trinajstić information content (AvgIpc) is 2.86. The predicted octanol–water partition coefficient (Wildman–Crippen LogP) is 1.79. The molecule has 30 heavy (non-hydrogen) atoms. The molecule has 1 saturated heterocycles. The van der Waals surface area contributed by atoms with E-state index in [9.17, 15) is 24.0 Å². The Hall–Kier alpha value is -2.85. The maximum absolute atomic E-state index is 12.5. The molecule has 1 fully saturated rings. The fourth-order valence-electron chi connectivity index (χ4n) is 2.32. The number of amides is 4. The average molecular weight is 429 g/mol. The molecule has 1 aliphatic heterocycles. The van der Waals surface area contributed by atoms with Crippen LogP contribution in [0.15, 0.2) is 0 Å². The summed E-state index contributed by atoms with van der Waals surface area (Å²) in [6, 6.07) is -1.19. The van der Waals surface area contributed by atoms with Gasteiger partial charge in [0.2, 0.25) is 0 Å². The van der Waals surface area contributed by atoms with Crippen molar-refractivity contribution in [2.24, 2.45) is 0 Å². The van der Waals surface area contributed by atoms with Gasteiger partial charge in [-0.25, -0.2) is 14.4 Å². The van der Waals surface area contributed by atoms with Crippen LogP contribution in [0.5, 0.6) is 0 Å². The molecule has 0 aliphatic carbocycles. The summed E-state index contributed by atoms with van der Waals surface area (Å²) in [5.74, 6) is -2.24. The Kier molecular flexibility index (Phi) is 8.61. The molecule has 1 unspecified atom stereocenters. The summed E-state index contributed by atoms with van der Waals surface area (Å²) in [6.45, 7) is 10.3. The molecule has 0 aromatic heterocycles. The quantitative estimate of drug-likeness (QED) is 0.461.